The average molecular weight is 729 g/mol. The third-order valence-corrected chi connectivity index (χ3v) is 9.42. The van der Waals surface area contributed by atoms with Crippen LogP contribution >= 0.6 is 0 Å². The molecule has 12 heteroatoms. The van der Waals surface area contributed by atoms with E-state index in [-0.39, 0.29) is 76.5 Å². The van der Waals surface area contributed by atoms with Crippen LogP contribution in [0.25, 0.3) is 32.3 Å². The zero-order valence-electron chi connectivity index (χ0n) is 29.9. The molecule has 54 heavy (non-hydrogen) atoms. The van der Waals surface area contributed by atoms with E-state index in [4.69, 9.17) is 0 Å². The van der Waals surface area contributed by atoms with E-state index < -0.39 is 35.7 Å². The van der Waals surface area contributed by atoms with Crippen molar-refractivity contribution in [1.29, 1.82) is 0 Å². The normalized spacial score (nSPS) is 19.0. The molecule has 1 fully saturated rings. The average Bonchev–Trinajstić information content (AvgIpc) is 3.16. The Labute approximate surface area is 312 Å². The quantitative estimate of drug-likeness (QED) is 0.155. The Bertz CT molecular complexity index is 2200. The van der Waals surface area contributed by atoms with E-state index in [9.17, 15) is 28.8 Å². The molecule has 5 aromatic rings. The second-order valence-corrected chi connectivity index (χ2v) is 13.5. The summed E-state index contributed by atoms with van der Waals surface area (Å²) in [6, 6.07) is 30.0. The van der Waals surface area contributed by atoms with E-state index in [2.05, 4.69) is 50.1 Å². The highest BCUT2D eigenvalue weighted by Crippen LogP contribution is 2.24. The lowest BCUT2D eigenvalue weighted by molar-refractivity contribution is -0.130. The number of benzene rings is 5. The Hall–Kier alpha value is -6.30. The molecule has 5 aromatic carbocycles. The van der Waals surface area contributed by atoms with Crippen molar-refractivity contribution in [2.75, 3.05) is 26.2 Å². The largest absolute Gasteiger partial charge is 0.356 e. The maximum atomic E-state index is 13.4. The molecule has 0 aromatic heterocycles. The van der Waals surface area contributed by atoms with Crippen LogP contribution in [0.15, 0.2) is 97.1 Å². The number of carbonyl (C=O) groups excluding carboxylic acids is 6. The summed E-state index contributed by atoms with van der Waals surface area (Å²) in [5, 5.41) is 22.8. The second-order valence-electron chi connectivity index (χ2n) is 13.5. The lowest BCUT2D eigenvalue weighted by Gasteiger charge is -2.20. The van der Waals surface area contributed by atoms with Crippen molar-refractivity contribution >= 4 is 67.8 Å². The number of hydrogen-bond donors (Lipinski definition) is 6. The Balaban J connectivity index is 1.10. The minimum Gasteiger partial charge on any atom is -0.356 e. The fourth-order valence-electron chi connectivity index (χ4n) is 6.56. The number of carbonyl (C=O) groups is 6. The van der Waals surface area contributed by atoms with E-state index in [0.29, 0.717) is 0 Å². The van der Waals surface area contributed by atoms with Crippen molar-refractivity contribution in [3.05, 3.63) is 108 Å². The smallest absolute Gasteiger partial charge is 0.242 e. The van der Waals surface area contributed by atoms with Crippen LogP contribution in [0.1, 0.15) is 36.8 Å². The first-order chi connectivity index (χ1) is 26.2. The minimum atomic E-state index is -0.937. The van der Waals surface area contributed by atoms with Crippen LogP contribution in [0.3, 0.4) is 0 Å². The molecule has 1 unspecified atom stereocenters. The Morgan fingerprint density at radius 1 is 0.389 bits per heavy atom. The van der Waals surface area contributed by atoms with Gasteiger partial charge >= 0.3 is 0 Å². The van der Waals surface area contributed by atoms with Gasteiger partial charge in [0.1, 0.15) is 12.1 Å². The van der Waals surface area contributed by atoms with E-state index in [1.54, 1.807) is 0 Å². The van der Waals surface area contributed by atoms with Crippen molar-refractivity contribution in [2.24, 2.45) is 0 Å². The van der Waals surface area contributed by atoms with Crippen LogP contribution in [0.5, 0.6) is 0 Å². The van der Waals surface area contributed by atoms with E-state index in [1.165, 1.54) is 0 Å². The molecule has 2 atom stereocenters. The lowest BCUT2D eigenvalue weighted by atomic mass is 9.98. The highest BCUT2D eigenvalue weighted by Gasteiger charge is 2.24. The highest BCUT2D eigenvalue weighted by atomic mass is 16.2. The predicted octanol–water partition coefficient (Wildman–Crippen LogP) is 2.94. The number of rotatable bonds is 4. The molecule has 1 aliphatic heterocycles. The fraction of sp³-hybridized carbons (Fsp3) is 0.286. The molecule has 0 aliphatic carbocycles. The third-order valence-electron chi connectivity index (χ3n) is 9.42. The van der Waals surface area contributed by atoms with Crippen LogP contribution in [0, 0.1) is 0 Å². The Kier molecular flexibility index (Phi) is 12.5. The van der Waals surface area contributed by atoms with Gasteiger partial charge in [-0.3, -0.25) is 28.8 Å². The molecule has 0 radical (unpaired) electrons. The monoisotopic (exact) mass is 728 g/mol. The van der Waals surface area contributed by atoms with Gasteiger partial charge in [-0.1, -0.05) is 84.9 Å². The first-order valence-electron chi connectivity index (χ1n) is 18.3. The summed E-state index contributed by atoms with van der Waals surface area (Å²) >= 11 is 0. The number of fused-ring (bicyclic) bond motifs is 3. The van der Waals surface area contributed by atoms with Crippen LogP contribution in [0.2, 0.25) is 0 Å². The summed E-state index contributed by atoms with van der Waals surface area (Å²) in [6.07, 6.45) is 0.185. The lowest BCUT2D eigenvalue weighted by Crippen LogP contribution is -2.50. The minimum absolute atomic E-state index is 0.0109. The molecule has 0 bridgehead atoms. The number of nitrogens with one attached hydrogen (secondary N) is 6. The summed E-state index contributed by atoms with van der Waals surface area (Å²) in [6.45, 7) is 0.0770. The zero-order chi connectivity index (χ0) is 37.9. The predicted molar refractivity (Wildman–Crippen MR) is 207 cm³/mol. The summed E-state index contributed by atoms with van der Waals surface area (Å²) in [5.41, 5.74) is 1.68. The first-order valence-corrected chi connectivity index (χ1v) is 18.3. The van der Waals surface area contributed by atoms with Gasteiger partial charge in [0.2, 0.25) is 35.4 Å². The Morgan fingerprint density at radius 2 is 0.759 bits per heavy atom. The van der Waals surface area contributed by atoms with Crippen LogP contribution < -0.4 is 31.9 Å². The molecule has 0 spiro atoms. The van der Waals surface area contributed by atoms with E-state index in [1.807, 2.05) is 78.9 Å². The maximum absolute atomic E-state index is 13.4. The van der Waals surface area contributed by atoms with Gasteiger partial charge in [-0.25, -0.2) is 0 Å². The van der Waals surface area contributed by atoms with E-state index >= 15 is 0 Å². The molecule has 278 valence electrons. The molecule has 1 saturated heterocycles. The highest BCUT2D eigenvalue weighted by molar-refractivity contribution is 5.98. The van der Waals surface area contributed by atoms with Gasteiger partial charge in [-0.05, 0) is 55.6 Å². The summed E-state index contributed by atoms with van der Waals surface area (Å²) in [5.74, 6) is -2.49. The third kappa shape index (κ3) is 10.4. The van der Waals surface area contributed by atoms with Crippen molar-refractivity contribution in [2.45, 2.75) is 50.6 Å². The molecular formula is C42H44N6O6. The maximum Gasteiger partial charge on any atom is 0.242 e. The van der Waals surface area contributed by atoms with Gasteiger partial charge in [0, 0.05) is 64.7 Å². The van der Waals surface area contributed by atoms with Crippen molar-refractivity contribution in [1.82, 2.24) is 31.9 Å². The molecule has 6 amide bonds. The number of hydrogen-bond acceptors (Lipinski definition) is 6. The van der Waals surface area contributed by atoms with Gasteiger partial charge in [-0.15, -0.1) is 0 Å². The molecule has 6 N–H and O–H groups in total. The van der Waals surface area contributed by atoms with Gasteiger partial charge in [0.15, 0.2) is 0 Å². The summed E-state index contributed by atoms with van der Waals surface area (Å²) in [7, 11) is 0. The molecule has 0 saturated carbocycles. The fourth-order valence-corrected chi connectivity index (χ4v) is 6.56. The SMILES string of the molecule is O=C1CCNC(=O)C(Cc2ccc3cc4ccccc4cc3c2)NC(=O)CCNC(=O)CCNC(=O)[C@H](Cc2ccc3ccccc3c2)NC(=O)CCN1. The van der Waals surface area contributed by atoms with Gasteiger partial charge in [0.05, 0.1) is 0 Å². The van der Waals surface area contributed by atoms with Gasteiger partial charge in [0.25, 0.3) is 0 Å². The first kappa shape index (κ1) is 37.5. The summed E-state index contributed by atoms with van der Waals surface area (Å²) in [4.78, 5) is 77.8. The van der Waals surface area contributed by atoms with Crippen molar-refractivity contribution < 1.29 is 28.8 Å². The second kappa shape index (κ2) is 18.0. The molecule has 1 aliphatic rings. The van der Waals surface area contributed by atoms with Crippen LogP contribution in [0.4, 0.5) is 0 Å². The molecule has 6 rings (SSSR count). The molecule has 12 nitrogen and oxygen atoms in total. The molecule has 1 heterocycles. The Morgan fingerprint density at radius 3 is 1.28 bits per heavy atom. The topological polar surface area (TPSA) is 175 Å². The standard InChI is InChI=1S/C42H44N6O6/c49-37-13-19-45-41(53)35(23-27-9-11-29-5-1-2-6-30(29)21-27)47-39(51)15-17-43-38(50)14-20-46-42(54)36(48-40(52)16-18-44-37)24-28-10-12-33-25-31-7-3-4-8-32(31)26-34(33)22-28/h1-12,21-22,25-26,35-36H,13-20,23-24H2,(H,43,50)(H,44,49)(H,45,53)(H,46,54)(H,47,51)(H,48,52)/t35-,36?/m0/s1. The van der Waals surface area contributed by atoms with Crippen molar-refractivity contribution in [3.8, 4) is 0 Å². The van der Waals surface area contributed by atoms with Gasteiger partial charge in [-0.2, -0.15) is 0 Å². The van der Waals surface area contributed by atoms with Crippen LogP contribution in [-0.2, 0) is 41.6 Å². The zero-order valence-corrected chi connectivity index (χ0v) is 29.9. The van der Waals surface area contributed by atoms with Crippen molar-refractivity contribution in [3.63, 3.8) is 0 Å². The van der Waals surface area contributed by atoms with Crippen LogP contribution in [-0.4, -0.2) is 73.7 Å². The van der Waals surface area contributed by atoms with Gasteiger partial charge < -0.3 is 31.9 Å². The number of amides is 6. The molecular weight excluding hydrogens is 684 g/mol. The summed E-state index contributed by atoms with van der Waals surface area (Å²) < 4.78 is 0. The van der Waals surface area contributed by atoms with E-state index in [0.717, 1.165) is 43.4 Å².